The highest BCUT2D eigenvalue weighted by atomic mass is 32.2. The second-order valence-electron chi connectivity index (χ2n) is 4.53. The first-order valence-corrected chi connectivity index (χ1v) is 8.67. The van der Waals surface area contributed by atoms with Crippen LogP contribution in [0.3, 0.4) is 0 Å². The van der Waals surface area contributed by atoms with Crippen LogP contribution in [0.5, 0.6) is 0 Å². The van der Waals surface area contributed by atoms with E-state index in [0.29, 0.717) is 16.4 Å². The first kappa shape index (κ1) is 15.0. The van der Waals surface area contributed by atoms with Gasteiger partial charge in [0.15, 0.2) is 0 Å². The van der Waals surface area contributed by atoms with Crippen molar-refractivity contribution in [1.29, 1.82) is 0 Å². The van der Waals surface area contributed by atoms with Crippen LogP contribution in [0, 0.1) is 6.92 Å². The second-order valence-corrected chi connectivity index (χ2v) is 7.58. The molecule has 0 amide bonds. The van der Waals surface area contributed by atoms with Gasteiger partial charge in [0.05, 0.1) is 0 Å². The fourth-order valence-electron chi connectivity index (χ4n) is 1.84. The van der Waals surface area contributed by atoms with Crippen molar-refractivity contribution in [2.24, 2.45) is 5.73 Å². The van der Waals surface area contributed by atoms with Gasteiger partial charge >= 0.3 is 0 Å². The second kappa shape index (κ2) is 5.95. The quantitative estimate of drug-likeness (QED) is 0.892. The molecule has 0 aliphatic heterocycles. The summed E-state index contributed by atoms with van der Waals surface area (Å²) in [5.41, 5.74) is 8.25. The number of thiophene rings is 1. The largest absolute Gasteiger partial charge is 0.326 e. The molecule has 4 nitrogen and oxygen atoms in total. The molecule has 0 unspecified atom stereocenters. The number of aryl methyl sites for hydroxylation is 2. The van der Waals surface area contributed by atoms with Crippen LogP contribution in [0.1, 0.15) is 22.9 Å². The number of nitrogens with one attached hydrogen (secondary N) is 1. The van der Waals surface area contributed by atoms with Crippen molar-refractivity contribution in [1.82, 2.24) is 0 Å². The fourth-order valence-corrected chi connectivity index (χ4v) is 4.36. The monoisotopic (exact) mass is 310 g/mol. The average Bonchev–Trinajstić information content (AvgIpc) is 2.81. The molecule has 0 atom stereocenters. The molecule has 0 bridgehead atoms. The summed E-state index contributed by atoms with van der Waals surface area (Å²) in [6.45, 7) is 4.28. The molecule has 20 heavy (non-hydrogen) atoms. The fraction of sp³-hybridized carbons (Fsp3) is 0.286. The van der Waals surface area contributed by atoms with Crippen LogP contribution in [-0.2, 0) is 23.0 Å². The van der Waals surface area contributed by atoms with Gasteiger partial charge in [0.2, 0.25) is 0 Å². The van der Waals surface area contributed by atoms with Crippen LogP contribution < -0.4 is 10.5 Å². The Morgan fingerprint density at radius 1 is 1.25 bits per heavy atom. The van der Waals surface area contributed by atoms with Crippen LogP contribution in [0.2, 0.25) is 0 Å². The van der Waals surface area contributed by atoms with Crippen molar-refractivity contribution in [3.05, 3.63) is 46.3 Å². The lowest BCUT2D eigenvalue weighted by Crippen LogP contribution is -2.11. The van der Waals surface area contributed by atoms with Gasteiger partial charge in [-0.2, -0.15) is 0 Å². The van der Waals surface area contributed by atoms with E-state index in [0.717, 1.165) is 16.9 Å². The Kier molecular flexibility index (Phi) is 4.47. The maximum absolute atomic E-state index is 12.3. The maximum Gasteiger partial charge on any atom is 0.271 e. The molecule has 1 aromatic carbocycles. The molecule has 0 fully saturated rings. The smallest absolute Gasteiger partial charge is 0.271 e. The number of hydrogen-bond acceptors (Lipinski definition) is 4. The molecule has 6 heteroatoms. The van der Waals surface area contributed by atoms with E-state index in [1.165, 1.54) is 16.9 Å². The summed E-state index contributed by atoms with van der Waals surface area (Å²) in [6.07, 6.45) is 0.928. The van der Waals surface area contributed by atoms with Crippen LogP contribution in [0.25, 0.3) is 0 Å². The molecule has 0 radical (unpaired) electrons. The lowest BCUT2D eigenvalue weighted by molar-refractivity contribution is 0.603. The molecule has 1 heterocycles. The number of nitrogens with two attached hydrogens (primary N) is 1. The van der Waals surface area contributed by atoms with Crippen molar-refractivity contribution in [3.8, 4) is 0 Å². The van der Waals surface area contributed by atoms with Gasteiger partial charge in [-0.1, -0.05) is 19.1 Å². The van der Waals surface area contributed by atoms with Crippen LogP contribution in [-0.4, -0.2) is 8.42 Å². The van der Waals surface area contributed by atoms with Gasteiger partial charge in [0, 0.05) is 17.1 Å². The van der Waals surface area contributed by atoms with E-state index in [2.05, 4.69) is 11.6 Å². The summed E-state index contributed by atoms with van der Waals surface area (Å²) in [4.78, 5) is 0.895. The Hall–Kier alpha value is -1.37. The van der Waals surface area contributed by atoms with Gasteiger partial charge in [-0.15, -0.1) is 11.3 Å². The zero-order valence-corrected chi connectivity index (χ0v) is 13.1. The average molecular weight is 310 g/mol. The summed E-state index contributed by atoms with van der Waals surface area (Å²) in [6, 6.07) is 9.06. The predicted molar refractivity (Wildman–Crippen MR) is 83.6 cm³/mol. The molecule has 0 aliphatic carbocycles. The first-order valence-electron chi connectivity index (χ1n) is 6.37. The minimum absolute atomic E-state index is 0.301. The van der Waals surface area contributed by atoms with Gasteiger partial charge in [-0.25, -0.2) is 8.42 Å². The molecular formula is C14H18N2O2S2. The van der Waals surface area contributed by atoms with Gasteiger partial charge in [0.25, 0.3) is 10.0 Å². The number of benzene rings is 1. The number of anilines is 1. The van der Waals surface area contributed by atoms with E-state index < -0.39 is 10.0 Å². The zero-order chi connectivity index (χ0) is 14.8. The third kappa shape index (κ3) is 3.20. The Morgan fingerprint density at radius 2 is 1.90 bits per heavy atom. The van der Waals surface area contributed by atoms with Gasteiger partial charge in [0.1, 0.15) is 4.21 Å². The van der Waals surface area contributed by atoms with Crippen molar-refractivity contribution < 1.29 is 8.42 Å². The SMILES string of the molecule is CCc1ccc(NS(=O)(=O)c2cc(C)c(CN)s2)cc1. The Labute approximate surface area is 123 Å². The standard InChI is InChI=1S/C14H18N2O2S2/c1-3-11-4-6-12(7-5-11)16-20(17,18)14-8-10(2)13(9-15)19-14/h4-8,16H,3,9,15H2,1-2H3. The lowest BCUT2D eigenvalue weighted by Gasteiger charge is -2.06. The number of rotatable bonds is 5. The summed E-state index contributed by atoms with van der Waals surface area (Å²) < 4.78 is 27.5. The minimum atomic E-state index is -3.53. The van der Waals surface area contributed by atoms with Crippen molar-refractivity contribution in [2.45, 2.75) is 31.0 Å². The predicted octanol–water partition coefficient (Wildman–Crippen LogP) is 2.88. The van der Waals surface area contributed by atoms with E-state index in [1.807, 2.05) is 19.1 Å². The minimum Gasteiger partial charge on any atom is -0.326 e. The third-order valence-electron chi connectivity index (χ3n) is 3.06. The van der Waals surface area contributed by atoms with Crippen LogP contribution in [0.15, 0.2) is 34.5 Å². The lowest BCUT2D eigenvalue weighted by atomic mass is 10.2. The van der Waals surface area contributed by atoms with E-state index in [4.69, 9.17) is 5.73 Å². The van der Waals surface area contributed by atoms with Crippen molar-refractivity contribution >= 4 is 27.0 Å². The molecule has 0 aliphatic rings. The van der Waals surface area contributed by atoms with E-state index in [1.54, 1.807) is 18.2 Å². The summed E-state index contributed by atoms with van der Waals surface area (Å²) in [5.74, 6) is 0. The molecule has 2 rings (SSSR count). The maximum atomic E-state index is 12.3. The molecule has 3 N–H and O–H groups in total. The summed E-state index contributed by atoms with van der Waals surface area (Å²) in [5, 5.41) is 0. The van der Waals surface area contributed by atoms with Gasteiger partial charge < -0.3 is 5.73 Å². The number of sulfonamides is 1. The van der Waals surface area contributed by atoms with Crippen molar-refractivity contribution in [3.63, 3.8) is 0 Å². The Balaban J connectivity index is 2.25. The third-order valence-corrected chi connectivity index (χ3v) is 6.18. The molecule has 0 spiro atoms. The van der Waals surface area contributed by atoms with Crippen LogP contribution >= 0.6 is 11.3 Å². The first-order chi connectivity index (χ1) is 9.46. The molecule has 1 aromatic heterocycles. The summed E-state index contributed by atoms with van der Waals surface area (Å²) in [7, 11) is -3.53. The normalized spacial score (nSPS) is 11.6. The van der Waals surface area contributed by atoms with E-state index in [9.17, 15) is 8.42 Å². The van der Waals surface area contributed by atoms with Crippen molar-refractivity contribution in [2.75, 3.05) is 4.72 Å². The molecule has 0 saturated carbocycles. The molecule has 108 valence electrons. The number of hydrogen-bond donors (Lipinski definition) is 2. The Morgan fingerprint density at radius 3 is 2.40 bits per heavy atom. The zero-order valence-electron chi connectivity index (χ0n) is 11.5. The molecule has 0 saturated heterocycles. The Bertz CT molecular complexity index is 688. The highest BCUT2D eigenvalue weighted by Gasteiger charge is 2.18. The van der Waals surface area contributed by atoms with Crippen LogP contribution in [0.4, 0.5) is 5.69 Å². The molecule has 2 aromatic rings. The highest BCUT2D eigenvalue weighted by molar-refractivity contribution is 7.94. The van der Waals surface area contributed by atoms with Gasteiger partial charge in [-0.3, -0.25) is 4.72 Å². The van der Waals surface area contributed by atoms with E-state index >= 15 is 0 Å². The topological polar surface area (TPSA) is 72.2 Å². The van der Waals surface area contributed by atoms with Gasteiger partial charge in [-0.05, 0) is 42.7 Å². The summed E-state index contributed by atoms with van der Waals surface area (Å²) >= 11 is 1.22. The molecular weight excluding hydrogens is 292 g/mol. The van der Waals surface area contributed by atoms with E-state index in [-0.39, 0.29) is 0 Å². The highest BCUT2D eigenvalue weighted by Crippen LogP contribution is 2.27.